The monoisotopic (exact) mass is 338 g/mol. The molecule has 1 aliphatic heterocycles. The van der Waals surface area contributed by atoms with E-state index in [1.165, 1.54) is 12.0 Å². The smallest absolute Gasteiger partial charge is 0.221 e. The first-order valence-electron chi connectivity index (χ1n) is 7.23. The Kier molecular flexibility index (Phi) is 5.22. The molecule has 1 heterocycles. The summed E-state index contributed by atoms with van der Waals surface area (Å²) in [6, 6.07) is 8.64. The van der Waals surface area contributed by atoms with Crippen molar-refractivity contribution in [3.8, 4) is 0 Å². The molecule has 0 bridgehead atoms. The molecule has 1 saturated heterocycles. The molecule has 2 rings (SSSR count). The highest BCUT2D eigenvalue weighted by Gasteiger charge is 2.23. The second-order valence-electron chi connectivity index (χ2n) is 6.17. The van der Waals surface area contributed by atoms with Crippen molar-refractivity contribution in [1.82, 2.24) is 10.6 Å². The molecule has 1 aliphatic rings. The molecule has 0 spiro atoms. The Morgan fingerprint density at radius 1 is 1.50 bits per heavy atom. The number of benzene rings is 1. The molecule has 110 valence electrons. The van der Waals surface area contributed by atoms with Gasteiger partial charge in [0, 0.05) is 28.9 Å². The van der Waals surface area contributed by atoms with Gasteiger partial charge in [0.25, 0.3) is 0 Å². The van der Waals surface area contributed by atoms with Gasteiger partial charge in [-0.15, -0.1) is 0 Å². The van der Waals surface area contributed by atoms with Crippen LogP contribution in [-0.4, -0.2) is 25.0 Å². The van der Waals surface area contributed by atoms with E-state index in [1.54, 1.807) is 0 Å². The first kappa shape index (κ1) is 15.5. The van der Waals surface area contributed by atoms with Gasteiger partial charge in [-0.25, -0.2) is 0 Å². The summed E-state index contributed by atoms with van der Waals surface area (Å²) in [5.41, 5.74) is 1.16. The number of halogens is 1. The molecule has 1 aromatic carbocycles. The van der Waals surface area contributed by atoms with E-state index in [0.29, 0.717) is 19.0 Å². The van der Waals surface area contributed by atoms with Crippen LogP contribution >= 0.6 is 15.9 Å². The second kappa shape index (κ2) is 6.72. The molecule has 0 aliphatic carbocycles. The lowest BCUT2D eigenvalue weighted by Gasteiger charge is -2.26. The Morgan fingerprint density at radius 2 is 2.30 bits per heavy atom. The fourth-order valence-electron chi connectivity index (χ4n) is 2.56. The Hall–Kier alpha value is -0.870. The van der Waals surface area contributed by atoms with Crippen LogP contribution in [0.15, 0.2) is 28.7 Å². The molecule has 0 aromatic heterocycles. The minimum absolute atomic E-state index is 0.0669. The van der Waals surface area contributed by atoms with Crippen molar-refractivity contribution in [1.29, 1.82) is 0 Å². The Morgan fingerprint density at radius 3 is 2.95 bits per heavy atom. The van der Waals surface area contributed by atoms with Gasteiger partial charge in [0.2, 0.25) is 5.91 Å². The zero-order valence-corrected chi connectivity index (χ0v) is 13.8. The highest BCUT2D eigenvalue weighted by atomic mass is 79.9. The third-order valence-corrected chi connectivity index (χ3v) is 4.42. The predicted molar refractivity (Wildman–Crippen MR) is 85.8 cm³/mol. The number of carbonyl (C=O) groups excluding carboxylic acids is 1. The topological polar surface area (TPSA) is 41.1 Å². The summed E-state index contributed by atoms with van der Waals surface area (Å²) in [7, 11) is 0. The van der Waals surface area contributed by atoms with E-state index in [0.717, 1.165) is 17.4 Å². The molecule has 1 atom stereocenters. The summed E-state index contributed by atoms with van der Waals surface area (Å²) in [4.78, 5) is 12.0. The van der Waals surface area contributed by atoms with Crippen LogP contribution in [0.4, 0.5) is 0 Å². The van der Waals surface area contributed by atoms with Crippen molar-refractivity contribution in [2.45, 2.75) is 44.6 Å². The van der Waals surface area contributed by atoms with Gasteiger partial charge < -0.3 is 10.6 Å². The van der Waals surface area contributed by atoms with E-state index in [-0.39, 0.29) is 11.3 Å². The summed E-state index contributed by atoms with van der Waals surface area (Å²) in [6.07, 6.45) is 2.89. The third-order valence-electron chi connectivity index (χ3n) is 3.93. The fourth-order valence-corrected chi connectivity index (χ4v) is 2.96. The summed E-state index contributed by atoms with van der Waals surface area (Å²) >= 11 is 3.50. The largest absolute Gasteiger partial charge is 0.355 e. The van der Waals surface area contributed by atoms with Crippen molar-refractivity contribution in [3.63, 3.8) is 0 Å². The maximum absolute atomic E-state index is 12.0. The van der Waals surface area contributed by atoms with Crippen LogP contribution in [0, 0.1) is 0 Å². The first-order chi connectivity index (χ1) is 9.47. The number of hydrogen-bond acceptors (Lipinski definition) is 2. The van der Waals surface area contributed by atoms with Crippen molar-refractivity contribution in [2.75, 3.05) is 13.1 Å². The summed E-state index contributed by atoms with van der Waals surface area (Å²) in [5, 5.41) is 6.43. The van der Waals surface area contributed by atoms with Gasteiger partial charge in [-0.05, 0) is 37.1 Å². The van der Waals surface area contributed by atoms with Crippen molar-refractivity contribution < 1.29 is 4.79 Å². The standard InChI is InChI=1S/C16H23BrN2O/c1-16(2,12-5-3-6-13(17)9-12)11-19-15(20)10-14-7-4-8-18-14/h3,5-6,9,14,18H,4,7-8,10-11H2,1-2H3,(H,19,20). The Balaban J connectivity index is 1.86. The van der Waals surface area contributed by atoms with Crippen LogP contribution in [0.5, 0.6) is 0 Å². The number of rotatable bonds is 5. The van der Waals surface area contributed by atoms with Gasteiger partial charge >= 0.3 is 0 Å². The summed E-state index contributed by atoms with van der Waals surface area (Å²) in [6.45, 7) is 6.02. The average Bonchev–Trinajstić information content (AvgIpc) is 2.89. The van der Waals surface area contributed by atoms with Crippen LogP contribution in [0.25, 0.3) is 0 Å². The molecule has 0 radical (unpaired) electrons. The lowest BCUT2D eigenvalue weighted by atomic mass is 9.84. The summed E-state index contributed by atoms with van der Waals surface area (Å²) < 4.78 is 1.07. The zero-order valence-electron chi connectivity index (χ0n) is 12.2. The maximum atomic E-state index is 12.0. The number of amides is 1. The van der Waals surface area contributed by atoms with Crippen LogP contribution < -0.4 is 10.6 Å². The number of nitrogens with one attached hydrogen (secondary N) is 2. The van der Waals surface area contributed by atoms with Gasteiger partial charge in [-0.1, -0.05) is 41.9 Å². The van der Waals surface area contributed by atoms with Crippen LogP contribution in [0.1, 0.15) is 38.7 Å². The maximum Gasteiger partial charge on any atom is 0.221 e. The van der Waals surface area contributed by atoms with E-state index >= 15 is 0 Å². The van der Waals surface area contributed by atoms with Crippen LogP contribution in [0.2, 0.25) is 0 Å². The van der Waals surface area contributed by atoms with E-state index in [2.05, 4.69) is 52.5 Å². The molecule has 4 heteroatoms. The van der Waals surface area contributed by atoms with Gasteiger partial charge in [0.1, 0.15) is 0 Å². The Labute approximate surface area is 129 Å². The molecular weight excluding hydrogens is 316 g/mol. The molecule has 20 heavy (non-hydrogen) atoms. The van der Waals surface area contributed by atoms with E-state index in [4.69, 9.17) is 0 Å². The Bertz CT molecular complexity index is 467. The molecule has 1 aromatic rings. The molecular formula is C16H23BrN2O. The van der Waals surface area contributed by atoms with E-state index < -0.39 is 0 Å². The van der Waals surface area contributed by atoms with Gasteiger partial charge in [0.15, 0.2) is 0 Å². The van der Waals surface area contributed by atoms with Crippen molar-refractivity contribution in [3.05, 3.63) is 34.3 Å². The van der Waals surface area contributed by atoms with E-state index in [1.807, 2.05) is 12.1 Å². The van der Waals surface area contributed by atoms with Crippen LogP contribution in [0.3, 0.4) is 0 Å². The van der Waals surface area contributed by atoms with Gasteiger partial charge in [-0.2, -0.15) is 0 Å². The van der Waals surface area contributed by atoms with Crippen molar-refractivity contribution in [2.24, 2.45) is 0 Å². The minimum atomic E-state index is -0.0669. The zero-order chi connectivity index (χ0) is 14.6. The average molecular weight is 339 g/mol. The number of hydrogen-bond donors (Lipinski definition) is 2. The number of carbonyl (C=O) groups is 1. The van der Waals surface area contributed by atoms with Crippen molar-refractivity contribution >= 4 is 21.8 Å². The lowest BCUT2D eigenvalue weighted by Crippen LogP contribution is -2.39. The van der Waals surface area contributed by atoms with Crippen LogP contribution in [-0.2, 0) is 10.2 Å². The fraction of sp³-hybridized carbons (Fsp3) is 0.562. The second-order valence-corrected chi connectivity index (χ2v) is 7.08. The molecule has 1 fully saturated rings. The highest BCUT2D eigenvalue weighted by Crippen LogP contribution is 2.25. The third kappa shape index (κ3) is 4.32. The SMILES string of the molecule is CC(C)(CNC(=O)CC1CCCN1)c1cccc(Br)c1. The normalized spacial score (nSPS) is 19.1. The first-order valence-corrected chi connectivity index (χ1v) is 8.03. The molecule has 2 N–H and O–H groups in total. The lowest BCUT2D eigenvalue weighted by molar-refractivity contribution is -0.121. The molecule has 1 unspecified atom stereocenters. The minimum Gasteiger partial charge on any atom is -0.355 e. The van der Waals surface area contributed by atoms with E-state index in [9.17, 15) is 4.79 Å². The molecule has 1 amide bonds. The van der Waals surface area contributed by atoms with Gasteiger partial charge in [0.05, 0.1) is 0 Å². The predicted octanol–water partition coefficient (Wildman–Crippen LogP) is 2.99. The highest BCUT2D eigenvalue weighted by molar-refractivity contribution is 9.10. The summed E-state index contributed by atoms with van der Waals surface area (Å²) in [5.74, 6) is 0.146. The van der Waals surface area contributed by atoms with Gasteiger partial charge in [-0.3, -0.25) is 4.79 Å². The molecule has 3 nitrogen and oxygen atoms in total. The quantitative estimate of drug-likeness (QED) is 0.866. The molecule has 0 saturated carbocycles.